The highest BCUT2D eigenvalue weighted by Crippen LogP contribution is 2.36. The van der Waals surface area contributed by atoms with E-state index in [-0.39, 0.29) is 0 Å². The standard InChI is InChI=1S/C52H40N2P2/c1-7-23-41(24-8-1)51(53-39-43-27-19-21-37-49(43)55(45-29-11-3-12-30-45)46-31-13-4-14-32-46)52(42-25-9-2-10-26-42)54-40-44-28-20-22-38-50(44)56(47-33-15-5-16-34-47)48-35-17-6-18-36-48/h1-40H/b52-51-,53-39?,54-40?. The predicted octanol–water partition coefficient (Wildman–Crippen LogP) is 10.3. The second-order valence-electron chi connectivity index (χ2n) is 13.1. The zero-order valence-corrected chi connectivity index (χ0v) is 32.7. The third-order valence-electron chi connectivity index (χ3n) is 9.40. The van der Waals surface area contributed by atoms with Gasteiger partial charge in [0.2, 0.25) is 0 Å². The van der Waals surface area contributed by atoms with Crippen molar-refractivity contribution in [1.82, 2.24) is 0 Å². The minimum absolute atomic E-state index is 0.803. The fourth-order valence-corrected chi connectivity index (χ4v) is 11.6. The molecule has 0 saturated heterocycles. The van der Waals surface area contributed by atoms with Crippen molar-refractivity contribution in [1.29, 1.82) is 0 Å². The highest BCUT2D eigenvalue weighted by atomic mass is 31.1. The van der Waals surface area contributed by atoms with Crippen molar-refractivity contribution < 1.29 is 0 Å². The molecule has 8 rings (SSSR count). The second-order valence-corrected chi connectivity index (χ2v) is 17.4. The number of nitrogens with zero attached hydrogens (tertiary/aromatic N) is 2. The van der Waals surface area contributed by atoms with Crippen LogP contribution in [0.3, 0.4) is 0 Å². The zero-order chi connectivity index (χ0) is 37.8. The van der Waals surface area contributed by atoms with Crippen LogP contribution in [0.15, 0.2) is 241 Å². The van der Waals surface area contributed by atoms with E-state index in [1.165, 1.54) is 31.8 Å². The molecule has 0 heterocycles. The second kappa shape index (κ2) is 18.4. The summed E-state index contributed by atoms with van der Waals surface area (Å²) in [6.07, 6.45) is 4.07. The molecular weight excluding hydrogens is 715 g/mol. The summed E-state index contributed by atoms with van der Waals surface area (Å²) in [7, 11) is -1.66. The normalized spacial score (nSPS) is 12.0. The van der Waals surface area contributed by atoms with E-state index in [1.807, 2.05) is 24.6 Å². The lowest BCUT2D eigenvalue weighted by Crippen LogP contribution is -2.23. The fourth-order valence-electron chi connectivity index (χ4n) is 6.77. The summed E-state index contributed by atoms with van der Waals surface area (Å²) in [6.45, 7) is 0. The number of hydrogen-bond acceptors (Lipinski definition) is 2. The summed E-state index contributed by atoms with van der Waals surface area (Å²) in [5.41, 5.74) is 5.76. The lowest BCUT2D eigenvalue weighted by atomic mass is 10.1. The molecule has 56 heavy (non-hydrogen) atoms. The molecular formula is C52H40N2P2. The van der Waals surface area contributed by atoms with Gasteiger partial charge in [0, 0.05) is 34.7 Å². The Kier molecular flexibility index (Phi) is 12.0. The Labute approximate surface area is 332 Å². The monoisotopic (exact) mass is 754 g/mol. The Morgan fingerprint density at radius 1 is 0.286 bits per heavy atom. The largest absolute Gasteiger partial charge is 0.253 e. The highest BCUT2D eigenvalue weighted by molar-refractivity contribution is 7.80. The SMILES string of the molecule is C(=N/C(=C(\N=Cc1ccccc1P(c1ccccc1)c1ccccc1)c1ccccc1)c1ccccc1)c1ccccc1P(c1ccccc1)c1ccccc1. The van der Waals surface area contributed by atoms with E-state index in [4.69, 9.17) is 9.98 Å². The molecule has 4 heteroatoms. The molecule has 8 aromatic carbocycles. The molecule has 0 spiro atoms. The molecule has 0 aromatic heterocycles. The van der Waals surface area contributed by atoms with Crippen molar-refractivity contribution in [2.45, 2.75) is 0 Å². The first-order valence-electron chi connectivity index (χ1n) is 18.8. The summed E-state index contributed by atoms with van der Waals surface area (Å²) in [4.78, 5) is 10.8. The third kappa shape index (κ3) is 8.64. The van der Waals surface area contributed by atoms with E-state index in [0.717, 1.165) is 33.6 Å². The van der Waals surface area contributed by atoms with Crippen molar-refractivity contribution >= 4 is 71.5 Å². The predicted molar refractivity (Wildman–Crippen MR) is 245 cm³/mol. The van der Waals surface area contributed by atoms with E-state index in [0.29, 0.717) is 0 Å². The van der Waals surface area contributed by atoms with Crippen LogP contribution in [0.5, 0.6) is 0 Å². The average molecular weight is 755 g/mol. The van der Waals surface area contributed by atoms with Gasteiger partial charge in [-0.25, -0.2) is 0 Å². The van der Waals surface area contributed by atoms with Gasteiger partial charge >= 0.3 is 0 Å². The van der Waals surface area contributed by atoms with Crippen LogP contribution in [0.2, 0.25) is 0 Å². The van der Waals surface area contributed by atoms with Crippen LogP contribution in [0.4, 0.5) is 0 Å². The lowest BCUT2D eigenvalue weighted by Gasteiger charge is -2.21. The molecule has 2 nitrogen and oxygen atoms in total. The van der Waals surface area contributed by atoms with Crippen molar-refractivity contribution in [2.24, 2.45) is 9.98 Å². The molecule has 0 bridgehead atoms. The first kappa shape index (κ1) is 36.7. The molecule has 0 saturated carbocycles. The molecule has 0 atom stereocenters. The van der Waals surface area contributed by atoms with Crippen LogP contribution in [0.1, 0.15) is 22.3 Å². The van der Waals surface area contributed by atoms with Crippen LogP contribution >= 0.6 is 15.8 Å². The topological polar surface area (TPSA) is 24.7 Å². The molecule has 0 aliphatic heterocycles. The Balaban J connectivity index is 1.28. The molecule has 0 aliphatic carbocycles. The maximum Gasteiger partial charge on any atom is 0.0964 e. The zero-order valence-electron chi connectivity index (χ0n) is 30.9. The smallest absolute Gasteiger partial charge is 0.0964 e. The molecule has 0 radical (unpaired) electrons. The number of benzene rings is 8. The van der Waals surface area contributed by atoms with Crippen LogP contribution in [0, 0.1) is 0 Å². The van der Waals surface area contributed by atoms with Gasteiger partial charge in [0.1, 0.15) is 0 Å². The maximum absolute atomic E-state index is 5.39. The fraction of sp³-hybridized carbons (Fsp3) is 0. The van der Waals surface area contributed by atoms with Gasteiger partial charge in [-0.05, 0) is 47.7 Å². The van der Waals surface area contributed by atoms with Crippen LogP contribution < -0.4 is 31.8 Å². The third-order valence-corrected chi connectivity index (χ3v) is 14.4. The summed E-state index contributed by atoms with van der Waals surface area (Å²) in [5, 5.41) is 7.70. The lowest BCUT2D eigenvalue weighted by molar-refractivity contribution is 1.44. The molecule has 0 N–H and O–H groups in total. The first-order chi connectivity index (χ1) is 27.8. The number of hydrogen-bond donors (Lipinski definition) is 0. The van der Waals surface area contributed by atoms with Crippen molar-refractivity contribution in [3.05, 3.63) is 253 Å². The summed E-state index contributed by atoms with van der Waals surface area (Å²) < 4.78 is 0. The summed E-state index contributed by atoms with van der Waals surface area (Å²) in [5.74, 6) is 0. The van der Waals surface area contributed by atoms with Gasteiger partial charge in [0.15, 0.2) is 0 Å². The van der Waals surface area contributed by atoms with Gasteiger partial charge in [-0.15, -0.1) is 0 Å². The van der Waals surface area contributed by atoms with E-state index in [9.17, 15) is 0 Å². The van der Waals surface area contributed by atoms with E-state index < -0.39 is 15.8 Å². The van der Waals surface area contributed by atoms with E-state index in [2.05, 4.69) is 218 Å². The molecule has 268 valence electrons. The Morgan fingerprint density at radius 2 is 0.536 bits per heavy atom. The Hall–Kier alpha value is -6.30. The van der Waals surface area contributed by atoms with Gasteiger partial charge in [0.25, 0.3) is 0 Å². The summed E-state index contributed by atoms with van der Waals surface area (Å²) >= 11 is 0. The highest BCUT2D eigenvalue weighted by Gasteiger charge is 2.21. The molecule has 0 unspecified atom stereocenters. The van der Waals surface area contributed by atoms with E-state index in [1.54, 1.807) is 0 Å². The van der Waals surface area contributed by atoms with Gasteiger partial charge in [-0.1, -0.05) is 231 Å². The van der Waals surface area contributed by atoms with Crippen molar-refractivity contribution in [2.75, 3.05) is 0 Å². The number of aliphatic imine (C=N–C) groups is 2. The Morgan fingerprint density at radius 3 is 0.839 bits per heavy atom. The van der Waals surface area contributed by atoms with Gasteiger partial charge in [-0.2, -0.15) is 0 Å². The molecule has 0 amide bonds. The van der Waals surface area contributed by atoms with Gasteiger partial charge < -0.3 is 0 Å². The first-order valence-corrected chi connectivity index (χ1v) is 21.4. The van der Waals surface area contributed by atoms with Crippen LogP contribution in [0.25, 0.3) is 11.4 Å². The average Bonchev–Trinajstić information content (AvgIpc) is 3.28. The number of rotatable bonds is 12. The van der Waals surface area contributed by atoms with Crippen LogP contribution in [-0.2, 0) is 0 Å². The quantitative estimate of drug-likeness (QED) is 0.0674. The Bertz CT molecular complexity index is 2290. The van der Waals surface area contributed by atoms with Gasteiger partial charge in [0.05, 0.1) is 11.4 Å². The van der Waals surface area contributed by atoms with Crippen molar-refractivity contribution in [3.8, 4) is 0 Å². The van der Waals surface area contributed by atoms with Crippen molar-refractivity contribution in [3.63, 3.8) is 0 Å². The molecule has 8 aromatic rings. The van der Waals surface area contributed by atoms with E-state index >= 15 is 0 Å². The minimum Gasteiger partial charge on any atom is -0.253 e. The molecule has 0 fully saturated rings. The van der Waals surface area contributed by atoms with Gasteiger partial charge in [-0.3, -0.25) is 9.98 Å². The molecule has 0 aliphatic rings. The van der Waals surface area contributed by atoms with Crippen LogP contribution in [-0.4, -0.2) is 12.4 Å². The minimum atomic E-state index is -0.832. The maximum atomic E-state index is 5.39. The summed E-state index contributed by atoms with van der Waals surface area (Å²) in [6, 6.07) is 81.5.